The van der Waals surface area contributed by atoms with Crippen molar-refractivity contribution in [2.75, 3.05) is 26.4 Å². The van der Waals surface area contributed by atoms with Gasteiger partial charge in [0.05, 0.1) is 13.2 Å². The lowest BCUT2D eigenvalue weighted by Gasteiger charge is -2.29. The van der Waals surface area contributed by atoms with Gasteiger partial charge in [-0.2, -0.15) is 10.5 Å². The highest BCUT2D eigenvalue weighted by Crippen LogP contribution is 2.44. The quantitative estimate of drug-likeness (QED) is 0.140. The first-order chi connectivity index (χ1) is 28.1. The highest BCUT2D eigenvalue weighted by Gasteiger charge is 2.29. The fourth-order valence-corrected chi connectivity index (χ4v) is 7.98. The Kier molecular flexibility index (Phi) is 14.1. The van der Waals surface area contributed by atoms with Crippen LogP contribution in [0.15, 0.2) is 48.5 Å². The van der Waals surface area contributed by atoms with Crippen LogP contribution in [0.2, 0.25) is 0 Å². The largest absolute Gasteiger partial charge is 0.493 e. The molecular formula is C54H70N2O4. The summed E-state index contributed by atoms with van der Waals surface area (Å²) in [5.74, 6) is 3.24. The molecule has 1 aliphatic rings. The summed E-state index contributed by atoms with van der Waals surface area (Å²) in [5.41, 5.74) is 12.6. The second kappa shape index (κ2) is 18.4. The maximum absolute atomic E-state index is 9.94. The molecule has 0 heterocycles. The standard InChI is InChI=1S/C54H70N2O4/c1-15-19-57-47-35-23-39-31-45(53(9,10)11)33-41(49(39)59-21-17-55)25-37-29-44(52(6,7)8)30-38(48(37)58-20-16-2)26-42-34-46(54(12,13)14)32-40(50(42)60-22-18-56)24-36(47)28-43(27-35)51(3,4)5/h27-34H,15-16,19-26H2,1-14H3. The van der Waals surface area contributed by atoms with Gasteiger partial charge in [-0.15, -0.1) is 0 Å². The van der Waals surface area contributed by atoms with Crippen molar-refractivity contribution in [1.82, 2.24) is 0 Å². The molecule has 5 rings (SSSR count). The molecule has 0 atom stereocenters. The molecule has 60 heavy (non-hydrogen) atoms. The minimum Gasteiger partial charge on any atom is -0.493 e. The smallest absolute Gasteiger partial charge is 0.174 e. The molecule has 0 saturated heterocycles. The number of nitrogens with zero attached hydrogens (tertiary/aromatic N) is 2. The maximum Gasteiger partial charge on any atom is 0.174 e. The molecule has 0 radical (unpaired) electrons. The van der Waals surface area contributed by atoms with Gasteiger partial charge < -0.3 is 18.9 Å². The lowest BCUT2D eigenvalue weighted by Crippen LogP contribution is -2.18. The zero-order chi connectivity index (χ0) is 44.2. The number of nitriles is 2. The van der Waals surface area contributed by atoms with Crippen LogP contribution in [-0.4, -0.2) is 26.4 Å². The molecular weight excluding hydrogens is 741 g/mol. The molecule has 0 unspecified atom stereocenters. The lowest BCUT2D eigenvalue weighted by molar-refractivity contribution is 0.310. The van der Waals surface area contributed by atoms with E-state index >= 15 is 0 Å². The van der Waals surface area contributed by atoms with Gasteiger partial charge in [-0.05, 0) is 101 Å². The van der Waals surface area contributed by atoms with E-state index in [1.165, 1.54) is 22.3 Å². The SMILES string of the molecule is CCCOc1c2cc(C(C)(C)C)cc1Cc1cc(C(C)(C)C)cc(c1OCC#N)Cc1cc(C(C)(C)C)cc(c1OCCC)Cc1cc(C(C)(C)C)cc(c1OCC#N)C2. The third kappa shape index (κ3) is 10.9. The van der Waals surface area contributed by atoms with Crippen molar-refractivity contribution in [2.24, 2.45) is 0 Å². The fourth-order valence-electron chi connectivity index (χ4n) is 7.98. The fraction of sp³-hybridized carbons (Fsp3) is 0.519. The molecule has 6 nitrogen and oxygen atoms in total. The van der Waals surface area contributed by atoms with Crippen LogP contribution < -0.4 is 18.9 Å². The van der Waals surface area contributed by atoms with Crippen LogP contribution in [0.4, 0.5) is 0 Å². The molecule has 1 aliphatic carbocycles. The summed E-state index contributed by atoms with van der Waals surface area (Å²) in [6.45, 7) is 32.3. The summed E-state index contributed by atoms with van der Waals surface area (Å²) in [4.78, 5) is 0. The average Bonchev–Trinajstić information content (AvgIpc) is 3.14. The minimum atomic E-state index is -0.161. The van der Waals surface area contributed by atoms with Crippen LogP contribution in [0, 0.1) is 22.7 Å². The summed E-state index contributed by atoms with van der Waals surface area (Å²) in [5, 5.41) is 19.9. The van der Waals surface area contributed by atoms with E-state index in [1.807, 2.05) is 0 Å². The van der Waals surface area contributed by atoms with Crippen molar-refractivity contribution < 1.29 is 18.9 Å². The molecule has 0 N–H and O–H groups in total. The van der Waals surface area contributed by atoms with Crippen LogP contribution in [0.3, 0.4) is 0 Å². The number of fused-ring (bicyclic) bond motifs is 8. The van der Waals surface area contributed by atoms with E-state index in [1.54, 1.807) is 0 Å². The van der Waals surface area contributed by atoms with E-state index < -0.39 is 0 Å². The van der Waals surface area contributed by atoms with Crippen LogP contribution in [0.25, 0.3) is 0 Å². The van der Waals surface area contributed by atoms with Gasteiger partial charge in [0.25, 0.3) is 0 Å². The molecule has 320 valence electrons. The van der Waals surface area contributed by atoms with Gasteiger partial charge in [-0.25, -0.2) is 0 Å². The van der Waals surface area contributed by atoms with Crippen molar-refractivity contribution in [3.05, 3.63) is 115 Å². The van der Waals surface area contributed by atoms with Crippen LogP contribution >= 0.6 is 0 Å². The normalized spacial score (nSPS) is 13.3. The number of benzene rings is 4. The third-order valence-corrected chi connectivity index (χ3v) is 11.4. The summed E-state index contributed by atoms with van der Waals surface area (Å²) in [6.07, 6.45) is 3.90. The van der Waals surface area contributed by atoms with Crippen molar-refractivity contribution in [1.29, 1.82) is 10.5 Å². The summed E-state index contributed by atoms with van der Waals surface area (Å²) < 4.78 is 26.8. The second-order valence-electron chi connectivity index (χ2n) is 20.8. The molecule has 0 saturated carbocycles. The van der Waals surface area contributed by atoms with Gasteiger partial charge in [0, 0.05) is 25.7 Å². The van der Waals surface area contributed by atoms with Gasteiger partial charge >= 0.3 is 0 Å². The molecule has 4 aromatic rings. The van der Waals surface area contributed by atoms with E-state index in [0.717, 1.165) is 80.3 Å². The van der Waals surface area contributed by atoms with E-state index in [0.29, 0.717) is 38.9 Å². The Labute approximate surface area is 362 Å². The Balaban J connectivity index is 2.03. The topological polar surface area (TPSA) is 84.5 Å². The Morgan fingerprint density at radius 2 is 0.583 bits per heavy atom. The first kappa shape index (κ1) is 46.1. The minimum absolute atomic E-state index is 0.0654. The van der Waals surface area contributed by atoms with E-state index in [4.69, 9.17) is 18.9 Å². The molecule has 0 aromatic heterocycles. The van der Waals surface area contributed by atoms with E-state index in [2.05, 4.69) is 158 Å². The number of hydrogen-bond donors (Lipinski definition) is 0. The summed E-state index contributed by atoms with van der Waals surface area (Å²) in [6, 6.07) is 22.9. The molecule has 0 spiro atoms. The Morgan fingerprint density at radius 3 is 0.750 bits per heavy atom. The first-order valence-corrected chi connectivity index (χ1v) is 22.0. The predicted molar refractivity (Wildman–Crippen MR) is 246 cm³/mol. The van der Waals surface area contributed by atoms with Gasteiger partial charge in [0.15, 0.2) is 13.2 Å². The van der Waals surface area contributed by atoms with Crippen molar-refractivity contribution in [3.8, 4) is 35.1 Å². The monoisotopic (exact) mass is 811 g/mol. The number of hydrogen-bond acceptors (Lipinski definition) is 6. The zero-order valence-corrected chi connectivity index (χ0v) is 39.2. The Morgan fingerprint density at radius 1 is 0.383 bits per heavy atom. The van der Waals surface area contributed by atoms with Gasteiger partial charge in [-0.3, -0.25) is 0 Å². The van der Waals surface area contributed by atoms with Crippen LogP contribution in [0.1, 0.15) is 177 Å². The predicted octanol–water partition coefficient (Wildman–Crippen LogP) is 12.9. The lowest BCUT2D eigenvalue weighted by atomic mass is 9.79. The zero-order valence-electron chi connectivity index (χ0n) is 39.2. The molecule has 8 bridgehead atoms. The molecule has 0 amide bonds. The van der Waals surface area contributed by atoms with Gasteiger partial charge in [0.2, 0.25) is 0 Å². The van der Waals surface area contributed by atoms with Crippen molar-refractivity contribution in [2.45, 2.75) is 157 Å². The van der Waals surface area contributed by atoms with Gasteiger partial charge in [-0.1, -0.05) is 145 Å². The van der Waals surface area contributed by atoms with Crippen LogP contribution in [-0.2, 0) is 47.3 Å². The summed E-state index contributed by atoms with van der Waals surface area (Å²) in [7, 11) is 0. The van der Waals surface area contributed by atoms with Gasteiger partial charge in [0.1, 0.15) is 35.1 Å². The molecule has 6 heteroatoms. The van der Waals surface area contributed by atoms with E-state index in [9.17, 15) is 10.5 Å². The Bertz CT molecular complexity index is 2000. The highest BCUT2D eigenvalue weighted by atomic mass is 16.5. The highest BCUT2D eigenvalue weighted by molar-refractivity contribution is 5.60. The molecule has 0 fully saturated rings. The first-order valence-electron chi connectivity index (χ1n) is 22.0. The summed E-state index contributed by atoms with van der Waals surface area (Å²) >= 11 is 0. The Hall–Kier alpha value is -4.94. The third-order valence-electron chi connectivity index (χ3n) is 11.4. The van der Waals surface area contributed by atoms with Crippen LogP contribution in [0.5, 0.6) is 23.0 Å². The molecule has 0 aliphatic heterocycles. The van der Waals surface area contributed by atoms with E-state index in [-0.39, 0.29) is 34.9 Å². The number of ether oxygens (including phenoxy) is 4. The number of rotatable bonds is 10. The molecule has 4 aromatic carbocycles. The average molecular weight is 811 g/mol. The van der Waals surface area contributed by atoms with Crippen molar-refractivity contribution in [3.63, 3.8) is 0 Å². The second-order valence-corrected chi connectivity index (χ2v) is 20.8. The van der Waals surface area contributed by atoms with Crippen molar-refractivity contribution >= 4 is 0 Å². The maximum atomic E-state index is 9.94.